The molecule has 0 saturated carbocycles. The third-order valence-corrected chi connectivity index (χ3v) is 2.66. The Kier molecular flexibility index (Phi) is 2.47. The van der Waals surface area contributed by atoms with Gasteiger partial charge in [-0.2, -0.15) is 6.07 Å². The molecular weight excluding hydrogens is 208 g/mol. The van der Waals surface area contributed by atoms with Crippen molar-refractivity contribution < 1.29 is 0 Å². The second-order valence-electron chi connectivity index (χ2n) is 3.77. The van der Waals surface area contributed by atoms with Crippen molar-refractivity contribution >= 4 is 0 Å². The van der Waals surface area contributed by atoms with Crippen LogP contribution in [0.3, 0.4) is 0 Å². The standard InChI is InChI=1S/C15H11N2/c1-3-7-13(8-4-1)15-11-12-16-17(15)14-9-5-2-6-10-14/h1-11H/q-1. The Hall–Kier alpha value is -2.35. The van der Waals surface area contributed by atoms with Crippen molar-refractivity contribution in [3.63, 3.8) is 0 Å². The van der Waals surface area contributed by atoms with Crippen molar-refractivity contribution in [3.05, 3.63) is 72.9 Å². The summed E-state index contributed by atoms with van der Waals surface area (Å²) in [5.41, 5.74) is 3.24. The minimum absolute atomic E-state index is 1.05. The molecule has 2 aromatic carbocycles. The molecule has 2 heteroatoms. The van der Waals surface area contributed by atoms with Crippen molar-refractivity contribution in [2.75, 3.05) is 0 Å². The molecule has 82 valence electrons. The van der Waals surface area contributed by atoms with Crippen molar-refractivity contribution in [2.45, 2.75) is 0 Å². The molecule has 0 bridgehead atoms. The van der Waals surface area contributed by atoms with E-state index >= 15 is 0 Å². The van der Waals surface area contributed by atoms with E-state index in [4.69, 9.17) is 0 Å². The van der Waals surface area contributed by atoms with Gasteiger partial charge >= 0.3 is 0 Å². The molecule has 0 spiro atoms. The Labute approximate surface area is 100 Å². The normalized spacial score (nSPS) is 10.4. The van der Waals surface area contributed by atoms with Crippen molar-refractivity contribution in [1.29, 1.82) is 0 Å². The van der Waals surface area contributed by atoms with E-state index in [9.17, 15) is 0 Å². The molecule has 0 atom stereocenters. The summed E-state index contributed by atoms with van der Waals surface area (Å²) in [7, 11) is 0. The van der Waals surface area contributed by atoms with Gasteiger partial charge < -0.3 is 9.78 Å². The molecule has 0 radical (unpaired) electrons. The first-order chi connectivity index (χ1) is 8.45. The molecule has 0 N–H and O–H groups in total. The molecule has 3 rings (SSSR count). The lowest BCUT2D eigenvalue weighted by molar-refractivity contribution is 0.884. The van der Waals surface area contributed by atoms with Gasteiger partial charge in [0.1, 0.15) is 0 Å². The van der Waals surface area contributed by atoms with E-state index in [0.717, 1.165) is 16.9 Å². The van der Waals surface area contributed by atoms with Crippen LogP contribution >= 0.6 is 0 Å². The Morgan fingerprint density at radius 3 is 2.18 bits per heavy atom. The summed E-state index contributed by atoms with van der Waals surface area (Å²) in [6.07, 6.45) is 2.91. The van der Waals surface area contributed by atoms with E-state index in [1.807, 2.05) is 59.3 Å². The molecule has 2 nitrogen and oxygen atoms in total. The molecule has 0 aliphatic rings. The Morgan fingerprint density at radius 1 is 0.824 bits per heavy atom. The van der Waals surface area contributed by atoms with Crippen LogP contribution in [0.15, 0.2) is 66.7 Å². The Bertz CT molecular complexity index is 543. The van der Waals surface area contributed by atoms with Crippen molar-refractivity contribution in [1.82, 2.24) is 9.78 Å². The molecule has 1 heterocycles. The van der Waals surface area contributed by atoms with Gasteiger partial charge in [0.25, 0.3) is 0 Å². The number of rotatable bonds is 2. The molecule has 0 unspecified atom stereocenters. The summed E-state index contributed by atoms with van der Waals surface area (Å²) in [5.74, 6) is 0. The number of para-hydroxylation sites is 1. The van der Waals surface area contributed by atoms with Gasteiger partial charge in [0.15, 0.2) is 0 Å². The van der Waals surface area contributed by atoms with Gasteiger partial charge in [0, 0.05) is 5.69 Å². The van der Waals surface area contributed by atoms with Crippen LogP contribution in [0.1, 0.15) is 0 Å². The van der Waals surface area contributed by atoms with Crippen LogP contribution in [0, 0.1) is 6.20 Å². The van der Waals surface area contributed by atoms with Crippen LogP contribution in [0.25, 0.3) is 16.9 Å². The summed E-state index contributed by atoms with van der Waals surface area (Å²) in [6, 6.07) is 22.2. The largest absolute Gasteiger partial charge is 0.331 e. The molecule has 0 amide bonds. The Morgan fingerprint density at radius 2 is 1.47 bits per heavy atom. The fourth-order valence-corrected chi connectivity index (χ4v) is 1.84. The molecule has 0 saturated heterocycles. The summed E-state index contributed by atoms with van der Waals surface area (Å²) >= 11 is 0. The third kappa shape index (κ3) is 1.85. The number of aromatic nitrogens is 2. The second-order valence-corrected chi connectivity index (χ2v) is 3.77. The first-order valence-corrected chi connectivity index (χ1v) is 5.52. The maximum Gasteiger partial charge on any atom is 0.0437 e. The predicted octanol–water partition coefficient (Wildman–Crippen LogP) is 3.34. The topological polar surface area (TPSA) is 17.8 Å². The molecule has 3 aromatic rings. The highest BCUT2D eigenvalue weighted by Gasteiger charge is 1.97. The highest BCUT2D eigenvalue weighted by molar-refractivity contribution is 5.61. The summed E-state index contributed by atoms with van der Waals surface area (Å²) in [5, 5.41) is 4.25. The maximum absolute atomic E-state index is 4.25. The van der Waals surface area contributed by atoms with Crippen LogP contribution in [0.2, 0.25) is 0 Å². The quantitative estimate of drug-likeness (QED) is 0.604. The predicted molar refractivity (Wildman–Crippen MR) is 67.8 cm³/mol. The maximum atomic E-state index is 4.25. The number of benzene rings is 2. The van der Waals surface area contributed by atoms with E-state index in [1.54, 1.807) is 0 Å². The van der Waals surface area contributed by atoms with Crippen molar-refractivity contribution in [3.8, 4) is 16.9 Å². The van der Waals surface area contributed by atoms with Gasteiger partial charge in [-0.05, 0) is 12.1 Å². The van der Waals surface area contributed by atoms with Crippen LogP contribution in [0.4, 0.5) is 0 Å². The highest BCUT2D eigenvalue weighted by Crippen LogP contribution is 2.21. The second kappa shape index (κ2) is 4.26. The molecule has 1 aromatic heterocycles. The fourth-order valence-electron chi connectivity index (χ4n) is 1.84. The number of nitrogens with zero attached hydrogens (tertiary/aromatic N) is 2. The van der Waals surface area contributed by atoms with Gasteiger partial charge in [0.2, 0.25) is 0 Å². The Balaban J connectivity index is 2.13. The molecular formula is C15H11N2-. The van der Waals surface area contributed by atoms with Crippen molar-refractivity contribution in [2.24, 2.45) is 0 Å². The zero-order chi connectivity index (χ0) is 11.5. The first-order valence-electron chi connectivity index (χ1n) is 5.52. The van der Waals surface area contributed by atoms with Gasteiger partial charge in [-0.1, -0.05) is 59.8 Å². The lowest BCUT2D eigenvalue weighted by Crippen LogP contribution is -1.98. The van der Waals surface area contributed by atoms with Gasteiger partial charge in [-0.25, -0.2) is 0 Å². The minimum atomic E-state index is 1.05. The van der Waals surface area contributed by atoms with Gasteiger partial charge in [0.05, 0.1) is 0 Å². The summed E-state index contributed by atoms with van der Waals surface area (Å²) < 4.78 is 1.90. The van der Waals surface area contributed by atoms with Crippen LogP contribution in [-0.2, 0) is 0 Å². The zero-order valence-electron chi connectivity index (χ0n) is 9.25. The minimum Gasteiger partial charge on any atom is -0.331 e. The number of hydrogen-bond donors (Lipinski definition) is 0. The summed E-state index contributed by atoms with van der Waals surface area (Å²) in [4.78, 5) is 0. The monoisotopic (exact) mass is 219 g/mol. The zero-order valence-corrected chi connectivity index (χ0v) is 9.25. The van der Waals surface area contributed by atoms with Crippen LogP contribution < -0.4 is 0 Å². The lowest BCUT2D eigenvalue weighted by atomic mass is 10.1. The molecule has 17 heavy (non-hydrogen) atoms. The SMILES string of the molecule is [c-]1cc(-c2ccccc2)n(-c2ccccc2)n1. The smallest absolute Gasteiger partial charge is 0.0437 e. The lowest BCUT2D eigenvalue weighted by Gasteiger charge is -2.14. The van der Waals surface area contributed by atoms with Gasteiger partial charge in [-0.3, -0.25) is 0 Å². The van der Waals surface area contributed by atoms with E-state index in [1.165, 1.54) is 0 Å². The molecule has 0 aliphatic heterocycles. The van der Waals surface area contributed by atoms with E-state index < -0.39 is 0 Å². The highest BCUT2D eigenvalue weighted by atomic mass is 15.3. The van der Waals surface area contributed by atoms with E-state index in [-0.39, 0.29) is 0 Å². The number of hydrogen-bond acceptors (Lipinski definition) is 1. The average molecular weight is 219 g/mol. The van der Waals surface area contributed by atoms with Crippen LogP contribution in [-0.4, -0.2) is 9.78 Å². The van der Waals surface area contributed by atoms with E-state index in [0.29, 0.717) is 0 Å². The third-order valence-electron chi connectivity index (χ3n) is 2.66. The fraction of sp³-hybridized carbons (Fsp3) is 0. The first kappa shape index (κ1) is 9.85. The summed E-state index contributed by atoms with van der Waals surface area (Å²) in [6.45, 7) is 0. The van der Waals surface area contributed by atoms with E-state index in [2.05, 4.69) is 23.4 Å². The van der Waals surface area contributed by atoms with Gasteiger partial charge in [-0.15, -0.1) is 6.20 Å². The molecule has 0 fully saturated rings. The van der Waals surface area contributed by atoms with Crippen LogP contribution in [0.5, 0.6) is 0 Å². The average Bonchev–Trinajstić information content (AvgIpc) is 2.90. The molecule has 0 aliphatic carbocycles.